The highest BCUT2D eigenvalue weighted by Crippen LogP contribution is 2.22. The number of esters is 1. The Morgan fingerprint density at radius 3 is 2.36 bits per heavy atom. The van der Waals surface area contributed by atoms with E-state index in [0.29, 0.717) is 5.56 Å². The molecule has 0 amide bonds. The number of rotatable bonds is 6. The monoisotopic (exact) mass is 379 g/mol. The van der Waals surface area contributed by atoms with Gasteiger partial charge in [0.05, 0.1) is 17.6 Å². The lowest BCUT2D eigenvalue weighted by Gasteiger charge is -2.18. The van der Waals surface area contributed by atoms with Gasteiger partial charge in [-0.3, -0.25) is 0 Å². The predicted molar refractivity (Wildman–Crippen MR) is 99.4 cm³/mol. The molecule has 0 atom stereocenters. The number of nitrogens with zero attached hydrogens (tertiary/aromatic N) is 1. The van der Waals surface area contributed by atoms with Gasteiger partial charge in [0.1, 0.15) is 0 Å². The number of benzene rings is 2. The largest absolute Gasteiger partial charge is 0.465 e. The summed E-state index contributed by atoms with van der Waals surface area (Å²) < 4.78 is 31.6. The highest BCUT2D eigenvalue weighted by molar-refractivity contribution is 7.98. The van der Waals surface area contributed by atoms with E-state index < -0.39 is 16.0 Å². The van der Waals surface area contributed by atoms with Gasteiger partial charge in [0.2, 0.25) is 10.0 Å². The molecule has 0 saturated heterocycles. The zero-order valence-corrected chi connectivity index (χ0v) is 16.3. The number of hydrogen-bond acceptors (Lipinski definition) is 5. The molecule has 0 aliphatic carbocycles. The first-order chi connectivity index (χ1) is 11.8. The number of carbonyl (C=O) groups is 1. The minimum Gasteiger partial charge on any atom is -0.465 e. The second kappa shape index (κ2) is 8.03. The Morgan fingerprint density at radius 1 is 1.16 bits per heavy atom. The molecule has 0 aliphatic heterocycles. The van der Waals surface area contributed by atoms with Gasteiger partial charge in [-0.15, -0.1) is 11.8 Å². The maximum Gasteiger partial charge on any atom is 0.338 e. The van der Waals surface area contributed by atoms with Crippen LogP contribution in [0.5, 0.6) is 0 Å². The van der Waals surface area contributed by atoms with Gasteiger partial charge in [-0.2, -0.15) is 4.31 Å². The van der Waals surface area contributed by atoms with Crippen LogP contribution in [0.4, 0.5) is 0 Å². The minimum absolute atomic E-state index is 0.0710. The smallest absolute Gasteiger partial charge is 0.338 e. The van der Waals surface area contributed by atoms with E-state index in [1.165, 1.54) is 30.6 Å². The van der Waals surface area contributed by atoms with E-state index in [2.05, 4.69) is 0 Å². The first-order valence-corrected chi connectivity index (χ1v) is 10.2. The zero-order chi connectivity index (χ0) is 18.6. The van der Waals surface area contributed by atoms with Crippen LogP contribution in [-0.2, 0) is 21.3 Å². The van der Waals surface area contributed by atoms with E-state index in [1.807, 2.05) is 30.5 Å². The Hall–Kier alpha value is -1.83. The van der Waals surface area contributed by atoms with Crippen molar-refractivity contribution < 1.29 is 17.9 Å². The van der Waals surface area contributed by atoms with Crippen LogP contribution in [0.15, 0.2) is 52.3 Å². The first kappa shape index (κ1) is 19.5. The van der Waals surface area contributed by atoms with E-state index in [0.717, 1.165) is 10.5 Å². The average molecular weight is 380 g/mol. The molecule has 7 heteroatoms. The molecule has 0 N–H and O–H groups in total. The lowest BCUT2D eigenvalue weighted by molar-refractivity contribution is 0.0599. The van der Waals surface area contributed by atoms with Gasteiger partial charge >= 0.3 is 5.97 Å². The predicted octanol–water partition coefficient (Wildman–Crippen LogP) is 3.32. The minimum atomic E-state index is -3.71. The Kier molecular flexibility index (Phi) is 6.26. The van der Waals surface area contributed by atoms with Crippen molar-refractivity contribution in [2.75, 3.05) is 20.4 Å². The highest BCUT2D eigenvalue weighted by Gasteiger charge is 2.23. The molecule has 5 nitrogen and oxygen atoms in total. The Labute approximate surface area is 153 Å². The molecule has 134 valence electrons. The van der Waals surface area contributed by atoms with Crippen LogP contribution < -0.4 is 0 Å². The topological polar surface area (TPSA) is 63.7 Å². The number of sulfonamides is 1. The molecule has 25 heavy (non-hydrogen) atoms. The van der Waals surface area contributed by atoms with Crippen molar-refractivity contribution in [2.45, 2.75) is 23.3 Å². The summed E-state index contributed by atoms with van der Waals surface area (Å²) in [6, 6.07) is 12.2. The number of carbonyl (C=O) groups excluding carboxylic acids is 1. The SMILES string of the molecule is COC(=O)c1cc(S(=O)(=O)N(C)Cc2ccc(SC)cc2)ccc1C. The van der Waals surface area contributed by atoms with Crippen LogP contribution >= 0.6 is 11.8 Å². The first-order valence-electron chi connectivity index (χ1n) is 7.58. The van der Waals surface area contributed by atoms with E-state index in [4.69, 9.17) is 4.74 Å². The third-order valence-corrected chi connectivity index (χ3v) is 6.43. The highest BCUT2D eigenvalue weighted by atomic mass is 32.2. The molecule has 0 unspecified atom stereocenters. The van der Waals surface area contributed by atoms with Crippen molar-refractivity contribution in [1.82, 2.24) is 4.31 Å². The molecule has 0 aliphatic rings. The number of ether oxygens (including phenoxy) is 1. The second-order valence-electron chi connectivity index (χ2n) is 5.58. The van der Waals surface area contributed by atoms with Gasteiger partial charge < -0.3 is 4.74 Å². The third-order valence-electron chi connectivity index (χ3n) is 3.89. The van der Waals surface area contributed by atoms with Crippen LogP contribution in [0.2, 0.25) is 0 Å². The van der Waals surface area contributed by atoms with Gasteiger partial charge in [0.15, 0.2) is 0 Å². The summed E-state index contributed by atoms with van der Waals surface area (Å²) in [7, 11) is -0.919. The molecule has 0 bridgehead atoms. The molecule has 2 aromatic carbocycles. The molecule has 0 radical (unpaired) electrons. The Morgan fingerprint density at radius 2 is 1.80 bits per heavy atom. The molecule has 0 fully saturated rings. The summed E-state index contributed by atoms with van der Waals surface area (Å²) in [6.45, 7) is 1.98. The van der Waals surface area contributed by atoms with Gasteiger partial charge in [-0.05, 0) is 48.6 Å². The molecule has 0 saturated carbocycles. The van der Waals surface area contributed by atoms with Crippen LogP contribution in [-0.4, -0.2) is 39.1 Å². The van der Waals surface area contributed by atoms with E-state index in [-0.39, 0.29) is 17.0 Å². The number of thioether (sulfide) groups is 1. The number of methoxy groups -OCH3 is 1. The van der Waals surface area contributed by atoms with Crippen LogP contribution in [0, 0.1) is 6.92 Å². The third kappa shape index (κ3) is 4.42. The van der Waals surface area contributed by atoms with Gasteiger partial charge in [0.25, 0.3) is 0 Å². The maximum atomic E-state index is 12.8. The van der Waals surface area contributed by atoms with Crippen LogP contribution in [0.3, 0.4) is 0 Å². The molecule has 0 heterocycles. The van der Waals surface area contributed by atoms with Crippen molar-refractivity contribution in [3.05, 3.63) is 59.2 Å². The summed E-state index contributed by atoms with van der Waals surface area (Å²) in [6.07, 6.45) is 1.99. The lowest BCUT2D eigenvalue weighted by atomic mass is 10.1. The standard InChI is InChI=1S/C18H21NO4S2/c1-13-5-10-16(11-17(13)18(20)23-3)25(21,22)19(2)12-14-6-8-15(24-4)9-7-14/h5-11H,12H2,1-4H3. The van der Waals surface area contributed by atoms with Crippen LogP contribution in [0.1, 0.15) is 21.5 Å². The fourth-order valence-electron chi connectivity index (χ4n) is 2.34. The summed E-state index contributed by atoms with van der Waals surface area (Å²) in [5.74, 6) is -0.551. The lowest BCUT2D eigenvalue weighted by Crippen LogP contribution is -2.26. The summed E-state index contributed by atoms with van der Waals surface area (Å²) in [4.78, 5) is 13.0. The number of hydrogen-bond donors (Lipinski definition) is 0. The molecule has 2 rings (SSSR count). The fourth-order valence-corrected chi connectivity index (χ4v) is 3.94. The summed E-state index contributed by atoms with van der Waals surface area (Å²) >= 11 is 1.63. The molecule has 2 aromatic rings. The van der Waals surface area contributed by atoms with E-state index in [1.54, 1.807) is 24.8 Å². The molecule has 0 aromatic heterocycles. The average Bonchev–Trinajstić information content (AvgIpc) is 2.61. The van der Waals surface area contributed by atoms with E-state index in [9.17, 15) is 13.2 Å². The van der Waals surface area contributed by atoms with Crippen molar-refractivity contribution >= 4 is 27.8 Å². The molecular formula is C18H21NO4S2. The van der Waals surface area contributed by atoms with E-state index >= 15 is 0 Å². The van der Waals surface area contributed by atoms with Crippen molar-refractivity contribution in [3.8, 4) is 0 Å². The van der Waals surface area contributed by atoms with Gasteiger partial charge in [-0.25, -0.2) is 13.2 Å². The summed E-state index contributed by atoms with van der Waals surface area (Å²) in [5.41, 5.74) is 1.81. The van der Waals surface area contributed by atoms with Crippen molar-refractivity contribution in [2.24, 2.45) is 0 Å². The Balaban J connectivity index is 2.29. The summed E-state index contributed by atoms with van der Waals surface area (Å²) in [5, 5.41) is 0. The normalized spacial score (nSPS) is 11.6. The van der Waals surface area contributed by atoms with Gasteiger partial charge in [-0.1, -0.05) is 18.2 Å². The Bertz CT molecular complexity index is 861. The molecular weight excluding hydrogens is 358 g/mol. The van der Waals surface area contributed by atoms with Crippen molar-refractivity contribution in [1.29, 1.82) is 0 Å². The second-order valence-corrected chi connectivity index (χ2v) is 8.50. The maximum absolute atomic E-state index is 12.8. The molecule has 0 spiro atoms. The quantitative estimate of drug-likeness (QED) is 0.569. The van der Waals surface area contributed by atoms with Gasteiger partial charge in [0, 0.05) is 18.5 Å². The van der Waals surface area contributed by atoms with Crippen molar-refractivity contribution in [3.63, 3.8) is 0 Å². The zero-order valence-electron chi connectivity index (χ0n) is 14.6. The van der Waals surface area contributed by atoms with Crippen LogP contribution in [0.25, 0.3) is 0 Å². The fraction of sp³-hybridized carbons (Fsp3) is 0.278. The number of aryl methyl sites for hydroxylation is 1.